The van der Waals surface area contributed by atoms with Crippen molar-refractivity contribution in [2.75, 3.05) is 10.6 Å². The Kier molecular flexibility index (Phi) is 4.96. The highest BCUT2D eigenvalue weighted by Gasteiger charge is 2.08. The van der Waals surface area contributed by atoms with Crippen LogP contribution in [0, 0.1) is 5.82 Å². The molecule has 1 amide bonds. The summed E-state index contributed by atoms with van der Waals surface area (Å²) in [5, 5.41) is 5.76. The number of rotatable bonds is 4. The second-order valence-electron chi connectivity index (χ2n) is 4.79. The smallest absolute Gasteiger partial charge is 0.221 e. The summed E-state index contributed by atoms with van der Waals surface area (Å²) >= 11 is 3.40. The van der Waals surface area contributed by atoms with Crippen molar-refractivity contribution in [3.63, 3.8) is 0 Å². The van der Waals surface area contributed by atoms with Crippen molar-refractivity contribution in [1.29, 1.82) is 0 Å². The van der Waals surface area contributed by atoms with Crippen LogP contribution in [0.2, 0.25) is 0 Å². The van der Waals surface area contributed by atoms with Crippen LogP contribution in [0.3, 0.4) is 0 Å². The number of halogens is 2. The number of hydrogen-bond donors (Lipinski definition) is 2. The van der Waals surface area contributed by atoms with Crippen molar-refractivity contribution in [2.45, 2.75) is 19.9 Å². The van der Waals surface area contributed by atoms with E-state index in [0.717, 1.165) is 15.7 Å². The molecule has 2 aromatic carbocycles. The molecule has 0 saturated heterocycles. The van der Waals surface area contributed by atoms with E-state index in [1.165, 1.54) is 13.0 Å². The summed E-state index contributed by atoms with van der Waals surface area (Å²) < 4.78 is 14.6. The average molecular weight is 351 g/mol. The minimum Gasteiger partial charge on any atom is -0.378 e. The summed E-state index contributed by atoms with van der Waals surface area (Å²) in [5.74, 6) is -0.751. The number of carbonyl (C=O) groups is 1. The number of benzene rings is 2. The minimum atomic E-state index is -0.452. The standard InChI is InChI=1S/C16H16BrFN2O/c1-10(12-3-5-13(17)6-4-12)19-14-7-8-15(18)16(9-14)20-11(2)21/h3-10,19H,1-2H3,(H,20,21). The topological polar surface area (TPSA) is 41.1 Å². The van der Waals surface area contributed by atoms with Crippen molar-refractivity contribution in [2.24, 2.45) is 0 Å². The maximum absolute atomic E-state index is 13.6. The molecule has 0 saturated carbocycles. The number of hydrogen-bond acceptors (Lipinski definition) is 2. The van der Waals surface area contributed by atoms with E-state index < -0.39 is 5.82 Å². The lowest BCUT2D eigenvalue weighted by Crippen LogP contribution is -2.10. The van der Waals surface area contributed by atoms with Crippen LogP contribution < -0.4 is 10.6 Å². The van der Waals surface area contributed by atoms with Crippen LogP contribution in [0.1, 0.15) is 25.5 Å². The van der Waals surface area contributed by atoms with Crippen molar-refractivity contribution < 1.29 is 9.18 Å². The SMILES string of the molecule is CC(=O)Nc1cc(NC(C)c2ccc(Br)cc2)ccc1F. The van der Waals surface area contributed by atoms with E-state index in [0.29, 0.717) is 0 Å². The number of anilines is 2. The first-order valence-corrected chi connectivity index (χ1v) is 7.34. The van der Waals surface area contributed by atoms with Crippen LogP contribution in [0.25, 0.3) is 0 Å². The summed E-state index contributed by atoms with van der Waals surface area (Å²) in [7, 11) is 0. The number of nitrogens with one attached hydrogen (secondary N) is 2. The molecule has 110 valence electrons. The van der Waals surface area contributed by atoms with Gasteiger partial charge >= 0.3 is 0 Å². The maximum Gasteiger partial charge on any atom is 0.221 e. The zero-order chi connectivity index (χ0) is 15.4. The van der Waals surface area contributed by atoms with Gasteiger partial charge in [-0.1, -0.05) is 28.1 Å². The van der Waals surface area contributed by atoms with Crippen LogP contribution in [0.4, 0.5) is 15.8 Å². The predicted molar refractivity (Wildman–Crippen MR) is 86.9 cm³/mol. The Morgan fingerprint density at radius 2 is 1.86 bits per heavy atom. The third kappa shape index (κ3) is 4.29. The molecule has 3 nitrogen and oxygen atoms in total. The zero-order valence-corrected chi connectivity index (χ0v) is 13.4. The summed E-state index contributed by atoms with van der Waals surface area (Å²) in [6, 6.07) is 12.6. The third-order valence-corrected chi connectivity index (χ3v) is 3.56. The molecule has 21 heavy (non-hydrogen) atoms. The second kappa shape index (κ2) is 6.72. The van der Waals surface area contributed by atoms with Crippen molar-refractivity contribution in [3.8, 4) is 0 Å². The molecule has 0 radical (unpaired) electrons. The van der Waals surface area contributed by atoms with Crippen LogP contribution in [-0.4, -0.2) is 5.91 Å². The molecule has 2 N–H and O–H groups in total. The normalized spacial score (nSPS) is 11.8. The molecule has 1 unspecified atom stereocenters. The Morgan fingerprint density at radius 1 is 1.19 bits per heavy atom. The van der Waals surface area contributed by atoms with Gasteiger partial charge < -0.3 is 10.6 Å². The van der Waals surface area contributed by atoms with Gasteiger partial charge in [-0.25, -0.2) is 4.39 Å². The molecule has 1 atom stereocenters. The highest BCUT2D eigenvalue weighted by Crippen LogP contribution is 2.24. The molecule has 0 aliphatic carbocycles. The lowest BCUT2D eigenvalue weighted by Gasteiger charge is -2.17. The molecule has 0 aromatic heterocycles. The second-order valence-corrected chi connectivity index (χ2v) is 5.71. The molecular formula is C16H16BrFN2O. The molecule has 2 rings (SSSR count). The van der Waals surface area contributed by atoms with Gasteiger partial charge in [-0.2, -0.15) is 0 Å². The summed E-state index contributed by atoms with van der Waals surface area (Å²) in [6.07, 6.45) is 0. The Morgan fingerprint density at radius 3 is 2.48 bits per heavy atom. The fourth-order valence-electron chi connectivity index (χ4n) is 1.99. The Bertz CT molecular complexity index is 643. The van der Waals surface area contributed by atoms with Gasteiger partial charge in [-0.3, -0.25) is 4.79 Å². The third-order valence-electron chi connectivity index (χ3n) is 3.03. The summed E-state index contributed by atoms with van der Waals surface area (Å²) in [4.78, 5) is 11.0. The molecule has 0 bridgehead atoms. The molecule has 0 spiro atoms. The Hall–Kier alpha value is -1.88. The van der Waals surface area contributed by atoms with Gasteiger partial charge in [0.05, 0.1) is 5.69 Å². The first-order valence-electron chi connectivity index (χ1n) is 6.55. The molecule has 0 aliphatic rings. The zero-order valence-electron chi connectivity index (χ0n) is 11.8. The van der Waals surface area contributed by atoms with Gasteiger partial charge in [0.15, 0.2) is 0 Å². The van der Waals surface area contributed by atoms with Crippen molar-refractivity contribution in [1.82, 2.24) is 0 Å². The van der Waals surface area contributed by atoms with E-state index >= 15 is 0 Å². The van der Waals surface area contributed by atoms with Gasteiger partial charge in [0.2, 0.25) is 5.91 Å². The average Bonchev–Trinajstić information content (AvgIpc) is 2.42. The molecule has 0 aliphatic heterocycles. The predicted octanol–water partition coefficient (Wildman–Crippen LogP) is 4.72. The lowest BCUT2D eigenvalue weighted by molar-refractivity contribution is -0.114. The highest BCUT2D eigenvalue weighted by molar-refractivity contribution is 9.10. The van der Waals surface area contributed by atoms with E-state index in [-0.39, 0.29) is 17.6 Å². The highest BCUT2D eigenvalue weighted by atomic mass is 79.9. The van der Waals surface area contributed by atoms with Crippen molar-refractivity contribution >= 4 is 33.2 Å². The van der Waals surface area contributed by atoms with Gasteiger partial charge in [0.25, 0.3) is 0 Å². The first-order chi connectivity index (χ1) is 9.95. The number of amides is 1. The van der Waals surface area contributed by atoms with Gasteiger partial charge in [0, 0.05) is 23.1 Å². The van der Waals surface area contributed by atoms with E-state index in [9.17, 15) is 9.18 Å². The molecule has 5 heteroatoms. The maximum atomic E-state index is 13.6. The molecular weight excluding hydrogens is 335 g/mol. The van der Waals surface area contributed by atoms with E-state index in [1.54, 1.807) is 12.1 Å². The van der Waals surface area contributed by atoms with Crippen LogP contribution >= 0.6 is 15.9 Å². The quantitative estimate of drug-likeness (QED) is 0.837. The fraction of sp³-hybridized carbons (Fsp3) is 0.188. The Balaban J connectivity index is 2.15. The molecule has 2 aromatic rings. The van der Waals surface area contributed by atoms with Crippen LogP contribution in [0.5, 0.6) is 0 Å². The largest absolute Gasteiger partial charge is 0.378 e. The van der Waals surface area contributed by atoms with Crippen molar-refractivity contribution in [3.05, 3.63) is 58.3 Å². The molecule has 0 heterocycles. The lowest BCUT2D eigenvalue weighted by atomic mass is 10.1. The van der Waals surface area contributed by atoms with E-state index in [4.69, 9.17) is 0 Å². The van der Waals surface area contributed by atoms with E-state index in [1.807, 2.05) is 31.2 Å². The first kappa shape index (κ1) is 15.5. The number of carbonyl (C=O) groups excluding carboxylic acids is 1. The van der Waals surface area contributed by atoms with E-state index in [2.05, 4.69) is 26.6 Å². The fourth-order valence-corrected chi connectivity index (χ4v) is 2.25. The van der Waals surface area contributed by atoms with Gasteiger partial charge in [-0.05, 0) is 42.8 Å². The van der Waals surface area contributed by atoms with Gasteiger partial charge in [0.1, 0.15) is 5.82 Å². The minimum absolute atomic E-state index is 0.0636. The van der Waals surface area contributed by atoms with Gasteiger partial charge in [-0.15, -0.1) is 0 Å². The Labute approximate surface area is 131 Å². The monoisotopic (exact) mass is 350 g/mol. The molecule has 0 fully saturated rings. The van der Waals surface area contributed by atoms with Crippen LogP contribution in [-0.2, 0) is 4.79 Å². The summed E-state index contributed by atoms with van der Waals surface area (Å²) in [6.45, 7) is 3.37. The van der Waals surface area contributed by atoms with Crippen LogP contribution in [0.15, 0.2) is 46.9 Å². The summed E-state index contributed by atoms with van der Waals surface area (Å²) in [5.41, 5.74) is 2.04.